The third kappa shape index (κ3) is 13.6. The first-order valence-electron chi connectivity index (χ1n) is 7.82. The Kier molecular flexibility index (Phi) is 12.6. The summed E-state index contributed by atoms with van der Waals surface area (Å²) >= 11 is 0. The molecule has 0 rings (SSSR count). The van der Waals surface area contributed by atoms with E-state index < -0.39 is 18.2 Å². The molecule has 2 atom stereocenters. The molecule has 0 spiro atoms. The molecule has 0 aromatic carbocycles. The molecule has 3 N–H and O–H groups in total. The van der Waals surface area contributed by atoms with Gasteiger partial charge >= 0.3 is 5.97 Å². The molecule has 0 aromatic heterocycles. The summed E-state index contributed by atoms with van der Waals surface area (Å²) < 4.78 is 0. The summed E-state index contributed by atoms with van der Waals surface area (Å²) in [6, 6.07) is 0. The van der Waals surface area contributed by atoms with Gasteiger partial charge in [-0.1, -0.05) is 57.6 Å². The highest BCUT2D eigenvalue weighted by atomic mass is 16.4. The molecule has 118 valence electrons. The summed E-state index contributed by atoms with van der Waals surface area (Å²) in [6.07, 6.45) is 10.7. The number of carboxylic acid groups (broad SMARTS) is 1. The van der Waals surface area contributed by atoms with Crippen molar-refractivity contribution in [2.24, 2.45) is 0 Å². The molecule has 0 aromatic rings. The molecule has 0 aliphatic heterocycles. The molecular formula is C16H30O4. The minimum atomic E-state index is -0.767. The third-order valence-corrected chi connectivity index (χ3v) is 3.30. The molecule has 0 amide bonds. The van der Waals surface area contributed by atoms with Crippen LogP contribution >= 0.6 is 0 Å². The van der Waals surface area contributed by atoms with Crippen LogP contribution in [0, 0.1) is 0 Å². The van der Waals surface area contributed by atoms with Crippen molar-refractivity contribution in [1.29, 1.82) is 0 Å². The minimum Gasteiger partial charge on any atom is -0.481 e. The Morgan fingerprint density at radius 2 is 1.40 bits per heavy atom. The smallest absolute Gasteiger partial charge is 0.303 e. The van der Waals surface area contributed by atoms with Gasteiger partial charge in [-0.3, -0.25) is 4.79 Å². The fraction of sp³-hybridized carbons (Fsp3) is 0.812. The van der Waals surface area contributed by atoms with Crippen molar-refractivity contribution >= 4 is 5.97 Å². The first-order valence-corrected chi connectivity index (χ1v) is 7.82. The zero-order valence-corrected chi connectivity index (χ0v) is 12.6. The topological polar surface area (TPSA) is 77.8 Å². The van der Waals surface area contributed by atoms with Crippen molar-refractivity contribution in [2.75, 3.05) is 0 Å². The standard InChI is InChI=1S/C16H30O4/c1-2-3-4-6-9-14(17)12-13-15(18)10-7-5-8-11-16(19)20/h12-15,17-18H,2-11H2,1H3,(H,19,20). The van der Waals surface area contributed by atoms with Crippen molar-refractivity contribution in [2.45, 2.75) is 83.3 Å². The number of unbranched alkanes of at least 4 members (excludes halogenated alkanes) is 5. The lowest BCUT2D eigenvalue weighted by molar-refractivity contribution is -0.137. The van der Waals surface area contributed by atoms with Crippen LogP contribution in [0.15, 0.2) is 12.2 Å². The average molecular weight is 286 g/mol. The van der Waals surface area contributed by atoms with Gasteiger partial charge in [-0.2, -0.15) is 0 Å². The van der Waals surface area contributed by atoms with Crippen LogP contribution in [0.5, 0.6) is 0 Å². The summed E-state index contributed by atoms with van der Waals surface area (Å²) in [5.41, 5.74) is 0. The van der Waals surface area contributed by atoms with E-state index in [1.54, 1.807) is 12.2 Å². The van der Waals surface area contributed by atoms with Crippen LogP contribution in [0.3, 0.4) is 0 Å². The Labute approximate surface area is 122 Å². The summed E-state index contributed by atoms with van der Waals surface area (Å²) in [5, 5.41) is 27.9. The van der Waals surface area contributed by atoms with Gasteiger partial charge in [0.1, 0.15) is 0 Å². The van der Waals surface area contributed by atoms with Gasteiger partial charge in [-0.25, -0.2) is 0 Å². The number of rotatable bonds is 13. The van der Waals surface area contributed by atoms with E-state index in [2.05, 4.69) is 6.92 Å². The first-order chi connectivity index (χ1) is 9.56. The SMILES string of the molecule is CCCCCCC(O)C=CC(O)CCCCCC(=O)O. The van der Waals surface area contributed by atoms with E-state index in [0.717, 1.165) is 32.1 Å². The molecule has 0 radical (unpaired) electrons. The zero-order chi connectivity index (χ0) is 15.2. The molecule has 4 heteroatoms. The zero-order valence-electron chi connectivity index (χ0n) is 12.6. The molecule has 0 saturated carbocycles. The molecule has 0 heterocycles. The van der Waals surface area contributed by atoms with Crippen LogP contribution < -0.4 is 0 Å². The van der Waals surface area contributed by atoms with E-state index in [0.29, 0.717) is 12.8 Å². The van der Waals surface area contributed by atoms with Crippen LogP contribution in [-0.4, -0.2) is 33.5 Å². The van der Waals surface area contributed by atoms with Crippen molar-refractivity contribution in [3.63, 3.8) is 0 Å². The number of aliphatic hydroxyl groups excluding tert-OH is 2. The first kappa shape index (κ1) is 19.1. The van der Waals surface area contributed by atoms with E-state index in [1.165, 1.54) is 12.8 Å². The van der Waals surface area contributed by atoms with Gasteiger partial charge < -0.3 is 15.3 Å². The number of aliphatic carboxylic acids is 1. The maximum atomic E-state index is 10.3. The third-order valence-electron chi connectivity index (χ3n) is 3.30. The Balaban J connectivity index is 3.55. The molecule has 0 fully saturated rings. The number of aliphatic hydroxyl groups is 2. The van der Waals surface area contributed by atoms with Gasteiger partial charge in [-0.15, -0.1) is 0 Å². The highest BCUT2D eigenvalue weighted by Gasteiger charge is 2.03. The van der Waals surface area contributed by atoms with Gasteiger partial charge in [0, 0.05) is 6.42 Å². The largest absolute Gasteiger partial charge is 0.481 e. The second-order valence-electron chi connectivity index (χ2n) is 5.36. The van der Waals surface area contributed by atoms with Crippen molar-refractivity contribution in [1.82, 2.24) is 0 Å². The van der Waals surface area contributed by atoms with Gasteiger partial charge in [0.25, 0.3) is 0 Å². The number of hydrogen-bond donors (Lipinski definition) is 3. The lowest BCUT2D eigenvalue weighted by Gasteiger charge is -2.08. The number of carbonyl (C=O) groups is 1. The highest BCUT2D eigenvalue weighted by molar-refractivity contribution is 5.66. The molecule has 2 unspecified atom stereocenters. The molecule has 0 aliphatic rings. The molecule has 0 saturated heterocycles. The van der Waals surface area contributed by atoms with Crippen molar-refractivity contribution < 1.29 is 20.1 Å². The summed E-state index contributed by atoms with van der Waals surface area (Å²) in [4.78, 5) is 10.3. The number of hydrogen-bond acceptors (Lipinski definition) is 3. The maximum Gasteiger partial charge on any atom is 0.303 e. The Bertz CT molecular complexity index is 263. The van der Waals surface area contributed by atoms with E-state index in [9.17, 15) is 15.0 Å². The van der Waals surface area contributed by atoms with E-state index in [-0.39, 0.29) is 6.42 Å². The predicted octanol–water partition coefficient (Wildman–Crippen LogP) is 3.27. The molecule has 0 bridgehead atoms. The van der Waals surface area contributed by atoms with Crippen LogP contribution in [0.4, 0.5) is 0 Å². The van der Waals surface area contributed by atoms with Gasteiger partial charge in [-0.05, 0) is 19.3 Å². The Morgan fingerprint density at radius 3 is 1.85 bits per heavy atom. The number of carboxylic acids is 1. The summed E-state index contributed by atoms with van der Waals surface area (Å²) in [5.74, 6) is -0.767. The maximum absolute atomic E-state index is 10.3. The normalized spacial score (nSPS) is 14.6. The minimum absolute atomic E-state index is 0.197. The lowest BCUT2D eigenvalue weighted by atomic mass is 10.1. The van der Waals surface area contributed by atoms with E-state index in [1.807, 2.05) is 0 Å². The van der Waals surface area contributed by atoms with Crippen LogP contribution in [0.1, 0.15) is 71.1 Å². The molecular weight excluding hydrogens is 256 g/mol. The Hall–Kier alpha value is -0.870. The average Bonchev–Trinajstić information content (AvgIpc) is 2.40. The van der Waals surface area contributed by atoms with Crippen molar-refractivity contribution in [3.05, 3.63) is 12.2 Å². The molecule has 4 nitrogen and oxygen atoms in total. The monoisotopic (exact) mass is 286 g/mol. The lowest BCUT2D eigenvalue weighted by Crippen LogP contribution is -2.07. The summed E-state index contributed by atoms with van der Waals surface area (Å²) in [7, 11) is 0. The second-order valence-corrected chi connectivity index (χ2v) is 5.36. The highest BCUT2D eigenvalue weighted by Crippen LogP contribution is 2.09. The van der Waals surface area contributed by atoms with Gasteiger partial charge in [0.2, 0.25) is 0 Å². The quantitative estimate of drug-likeness (QED) is 0.359. The van der Waals surface area contributed by atoms with Crippen LogP contribution in [-0.2, 0) is 4.79 Å². The predicted molar refractivity (Wildman–Crippen MR) is 80.6 cm³/mol. The van der Waals surface area contributed by atoms with E-state index >= 15 is 0 Å². The van der Waals surface area contributed by atoms with Gasteiger partial charge in [0.15, 0.2) is 0 Å². The van der Waals surface area contributed by atoms with E-state index in [4.69, 9.17) is 5.11 Å². The van der Waals surface area contributed by atoms with Gasteiger partial charge in [0.05, 0.1) is 12.2 Å². The summed E-state index contributed by atoms with van der Waals surface area (Å²) in [6.45, 7) is 2.16. The fourth-order valence-electron chi connectivity index (χ4n) is 2.04. The molecule has 0 aliphatic carbocycles. The Morgan fingerprint density at radius 1 is 0.900 bits per heavy atom. The van der Waals surface area contributed by atoms with Crippen LogP contribution in [0.2, 0.25) is 0 Å². The second kappa shape index (κ2) is 13.1. The van der Waals surface area contributed by atoms with Crippen molar-refractivity contribution in [3.8, 4) is 0 Å². The molecule has 20 heavy (non-hydrogen) atoms. The van der Waals surface area contributed by atoms with Crippen LogP contribution in [0.25, 0.3) is 0 Å². The fourth-order valence-corrected chi connectivity index (χ4v) is 2.04.